The highest BCUT2D eigenvalue weighted by Crippen LogP contribution is 2.36. The lowest BCUT2D eigenvalue weighted by atomic mass is 9.85. The van der Waals surface area contributed by atoms with Gasteiger partial charge < -0.3 is 15.2 Å². The van der Waals surface area contributed by atoms with Gasteiger partial charge in [-0.15, -0.1) is 0 Å². The summed E-state index contributed by atoms with van der Waals surface area (Å²) in [7, 11) is 0. The van der Waals surface area contributed by atoms with E-state index in [2.05, 4.69) is 40.3 Å². The molecule has 10 heteroatoms. The van der Waals surface area contributed by atoms with Crippen LogP contribution in [0.15, 0.2) is 42.9 Å². The van der Waals surface area contributed by atoms with Crippen molar-refractivity contribution >= 4 is 39.3 Å². The molecule has 1 saturated heterocycles. The second-order valence-corrected chi connectivity index (χ2v) is 10.2. The Kier molecular flexibility index (Phi) is 5.52. The highest BCUT2D eigenvalue weighted by Gasteiger charge is 2.26. The third-order valence-corrected chi connectivity index (χ3v) is 7.75. The molecule has 5 heterocycles. The van der Waals surface area contributed by atoms with Gasteiger partial charge in [-0.05, 0) is 56.4 Å². The van der Waals surface area contributed by atoms with Crippen molar-refractivity contribution in [2.45, 2.75) is 38.5 Å². The second-order valence-electron chi connectivity index (χ2n) is 10.2. The van der Waals surface area contributed by atoms with Gasteiger partial charge in [0.05, 0.1) is 28.5 Å². The van der Waals surface area contributed by atoms with Crippen molar-refractivity contribution in [1.29, 1.82) is 0 Å². The zero-order chi connectivity index (χ0) is 25.6. The van der Waals surface area contributed by atoms with Crippen LogP contribution in [0.2, 0.25) is 0 Å². The Hall–Kier alpha value is -4.34. The minimum atomic E-state index is -0.430. The normalized spacial score (nSPS) is 16.2. The first-order chi connectivity index (χ1) is 18.7. The molecule has 0 spiro atoms. The predicted molar refractivity (Wildman–Crippen MR) is 144 cm³/mol. The molecule has 0 radical (unpaired) electrons. The van der Waals surface area contributed by atoms with Gasteiger partial charge in [0.1, 0.15) is 17.0 Å². The SMILES string of the molecule is O=C(Nc1cncc(-c2ccc3[nH]nc(-c4nc5nccc(N6CCCCC6)c5[nH]4)c3c2F)c1)C1CCC1. The summed E-state index contributed by atoms with van der Waals surface area (Å²) in [6.07, 6.45) is 11.4. The Morgan fingerprint density at radius 3 is 2.76 bits per heavy atom. The Balaban J connectivity index is 1.27. The molecular weight excluding hydrogens is 483 g/mol. The molecule has 1 saturated carbocycles. The maximum absolute atomic E-state index is 16.1. The van der Waals surface area contributed by atoms with E-state index in [1.807, 2.05) is 6.07 Å². The Bertz CT molecular complexity index is 1660. The van der Waals surface area contributed by atoms with Crippen molar-refractivity contribution in [1.82, 2.24) is 30.1 Å². The lowest BCUT2D eigenvalue weighted by molar-refractivity contribution is -0.122. The number of pyridine rings is 2. The summed E-state index contributed by atoms with van der Waals surface area (Å²) in [5, 5.41) is 10.6. The number of nitrogens with zero attached hydrogens (tertiary/aromatic N) is 5. The van der Waals surface area contributed by atoms with Crippen LogP contribution in [-0.2, 0) is 4.79 Å². The van der Waals surface area contributed by atoms with E-state index in [-0.39, 0.29) is 11.8 Å². The van der Waals surface area contributed by atoms with Crippen LogP contribution in [-0.4, -0.2) is 49.1 Å². The van der Waals surface area contributed by atoms with Crippen LogP contribution in [0.4, 0.5) is 15.8 Å². The molecule has 192 valence electrons. The van der Waals surface area contributed by atoms with Gasteiger partial charge in [-0.2, -0.15) is 5.10 Å². The first-order valence-electron chi connectivity index (χ1n) is 13.2. The lowest BCUT2D eigenvalue weighted by Gasteiger charge is -2.28. The van der Waals surface area contributed by atoms with Crippen molar-refractivity contribution in [3.8, 4) is 22.6 Å². The smallest absolute Gasteiger partial charge is 0.227 e. The summed E-state index contributed by atoms with van der Waals surface area (Å²) in [5.41, 5.74) is 4.92. The zero-order valence-electron chi connectivity index (χ0n) is 20.8. The van der Waals surface area contributed by atoms with Gasteiger partial charge in [-0.25, -0.2) is 14.4 Å². The van der Waals surface area contributed by atoms with Crippen LogP contribution in [0.25, 0.3) is 44.7 Å². The summed E-state index contributed by atoms with van der Waals surface area (Å²) in [6, 6.07) is 7.25. The summed E-state index contributed by atoms with van der Waals surface area (Å²) in [5.74, 6) is 0.0682. The number of amides is 1. The van der Waals surface area contributed by atoms with Crippen LogP contribution >= 0.6 is 0 Å². The van der Waals surface area contributed by atoms with Gasteiger partial charge in [-0.1, -0.05) is 6.42 Å². The number of carbonyl (C=O) groups is 1. The first-order valence-corrected chi connectivity index (χ1v) is 13.2. The average molecular weight is 511 g/mol. The van der Waals surface area contributed by atoms with Gasteiger partial charge in [0.15, 0.2) is 11.5 Å². The maximum Gasteiger partial charge on any atom is 0.227 e. The molecule has 5 aromatic rings. The molecule has 2 fully saturated rings. The number of anilines is 2. The average Bonchev–Trinajstić information content (AvgIpc) is 3.53. The lowest BCUT2D eigenvalue weighted by Crippen LogP contribution is -2.29. The third kappa shape index (κ3) is 3.87. The highest BCUT2D eigenvalue weighted by atomic mass is 19.1. The highest BCUT2D eigenvalue weighted by molar-refractivity contribution is 5.98. The molecule has 0 bridgehead atoms. The van der Waals surface area contributed by atoms with Crippen LogP contribution in [0.1, 0.15) is 38.5 Å². The molecule has 1 aliphatic carbocycles. The van der Waals surface area contributed by atoms with Gasteiger partial charge >= 0.3 is 0 Å². The number of hydrogen-bond acceptors (Lipinski definition) is 6. The number of nitrogens with one attached hydrogen (secondary N) is 3. The quantitative estimate of drug-likeness (QED) is 0.290. The van der Waals surface area contributed by atoms with Crippen LogP contribution in [0, 0.1) is 11.7 Å². The van der Waals surface area contributed by atoms with E-state index in [0.717, 1.165) is 56.4 Å². The Morgan fingerprint density at radius 2 is 1.95 bits per heavy atom. The van der Waals surface area contributed by atoms with E-state index in [4.69, 9.17) is 0 Å². The summed E-state index contributed by atoms with van der Waals surface area (Å²) >= 11 is 0. The molecule has 0 unspecified atom stereocenters. The Labute approximate surface area is 217 Å². The molecule has 4 aromatic heterocycles. The van der Waals surface area contributed by atoms with E-state index < -0.39 is 5.82 Å². The number of aromatic amines is 2. The Morgan fingerprint density at radius 1 is 1.08 bits per heavy atom. The van der Waals surface area contributed by atoms with Crippen molar-refractivity contribution in [2.75, 3.05) is 23.3 Å². The van der Waals surface area contributed by atoms with Crippen LogP contribution < -0.4 is 10.2 Å². The number of aromatic nitrogens is 6. The molecular formula is C28H27FN8O. The molecule has 1 amide bonds. The number of benzene rings is 1. The van der Waals surface area contributed by atoms with Crippen LogP contribution in [0.5, 0.6) is 0 Å². The van der Waals surface area contributed by atoms with E-state index in [1.165, 1.54) is 6.42 Å². The zero-order valence-corrected chi connectivity index (χ0v) is 20.8. The van der Waals surface area contributed by atoms with Crippen molar-refractivity contribution < 1.29 is 9.18 Å². The number of piperidine rings is 1. The predicted octanol–water partition coefficient (Wildman–Crippen LogP) is 5.43. The fourth-order valence-corrected chi connectivity index (χ4v) is 5.45. The topological polar surface area (TPSA) is 115 Å². The molecule has 3 N–H and O–H groups in total. The summed E-state index contributed by atoms with van der Waals surface area (Å²) in [6.45, 7) is 1.98. The van der Waals surface area contributed by atoms with E-state index >= 15 is 4.39 Å². The summed E-state index contributed by atoms with van der Waals surface area (Å²) in [4.78, 5) is 31.5. The maximum atomic E-state index is 16.1. The number of imidazole rings is 1. The van der Waals surface area contributed by atoms with Crippen molar-refractivity contribution in [2.24, 2.45) is 5.92 Å². The standard InChI is InChI=1S/C28H27FN8O/c29-23-19(17-13-18(15-30-14-17)32-28(38)16-5-4-6-16)7-8-20-22(23)25(36-35-20)27-33-24-21(9-10-31-26(24)34-27)37-11-2-1-3-12-37/h7-10,13-16H,1-6,11-12H2,(H,32,38)(H,35,36)(H,31,33,34). The molecule has 1 aliphatic heterocycles. The summed E-state index contributed by atoms with van der Waals surface area (Å²) < 4.78 is 16.1. The fourth-order valence-electron chi connectivity index (χ4n) is 5.45. The molecule has 1 aromatic carbocycles. The van der Waals surface area contributed by atoms with Crippen LogP contribution in [0.3, 0.4) is 0 Å². The molecule has 0 atom stereocenters. The number of hydrogen-bond donors (Lipinski definition) is 3. The first kappa shape index (κ1) is 22.8. The minimum absolute atomic E-state index is 0.00865. The number of rotatable bonds is 5. The largest absolute Gasteiger partial charge is 0.370 e. The van der Waals surface area contributed by atoms with E-state index in [9.17, 15) is 4.79 Å². The van der Waals surface area contributed by atoms with Crippen molar-refractivity contribution in [3.63, 3.8) is 0 Å². The second kappa shape index (κ2) is 9.20. The minimum Gasteiger partial charge on any atom is -0.370 e. The number of fused-ring (bicyclic) bond motifs is 2. The number of halogens is 1. The molecule has 38 heavy (non-hydrogen) atoms. The fraction of sp³-hybridized carbons (Fsp3) is 0.321. The molecule has 2 aliphatic rings. The van der Waals surface area contributed by atoms with E-state index in [0.29, 0.717) is 44.9 Å². The molecule has 9 nitrogen and oxygen atoms in total. The van der Waals surface area contributed by atoms with Gasteiger partial charge in [0, 0.05) is 42.5 Å². The van der Waals surface area contributed by atoms with Gasteiger partial charge in [0.2, 0.25) is 5.91 Å². The number of carbonyl (C=O) groups excluding carboxylic acids is 1. The molecule has 7 rings (SSSR count). The monoisotopic (exact) mass is 510 g/mol. The number of H-pyrrole nitrogens is 2. The van der Waals surface area contributed by atoms with E-state index in [1.54, 1.807) is 36.8 Å². The van der Waals surface area contributed by atoms with Gasteiger partial charge in [0.25, 0.3) is 0 Å². The van der Waals surface area contributed by atoms with Crippen molar-refractivity contribution in [3.05, 3.63) is 48.7 Å². The van der Waals surface area contributed by atoms with Gasteiger partial charge in [-0.3, -0.25) is 14.9 Å². The third-order valence-electron chi connectivity index (χ3n) is 7.75.